The van der Waals surface area contributed by atoms with Crippen LogP contribution in [-0.2, 0) is 0 Å². The van der Waals surface area contributed by atoms with Crippen LogP contribution in [0.3, 0.4) is 0 Å². The molecule has 1 unspecified atom stereocenters. The molecule has 0 fully saturated rings. The lowest BCUT2D eigenvalue weighted by atomic mass is 10.0. The maximum Gasteiger partial charge on any atom is 0.125 e. The molecule has 3 nitrogen and oxygen atoms in total. The molecule has 0 aromatic heterocycles. The summed E-state index contributed by atoms with van der Waals surface area (Å²) >= 11 is 0. The summed E-state index contributed by atoms with van der Waals surface area (Å²) in [7, 11) is 1.62. The van der Waals surface area contributed by atoms with Gasteiger partial charge >= 0.3 is 0 Å². The normalized spacial score (nSPS) is 11.9. The van der Waals surface area contributed by atoms with Crippen molar-refractivity contribution in [2.24, 2.45) is 0 Å². The fourth-order valence-electron chi connectivity index (χ4n) is 2.02. The first-order chi connectivity index (χ1) is 9.76. The second-order valence-electron chi connectivity index (χ2n) is 4.56. The van der Waals surface area contributed by atoms with E-state index in [1.807, 2.05) is 48.5 Å². The Hall–Kier alpha value is -2.00. The van der Waals surface area contributed by atoms with Crippen molar-refractivity contribution < 1.29 is 14.6 Å². The minimum Gasteiger partial charge on any atom is -0.497 e. The summed E-state index contributed by atoms with van der Waals surface area (Å²) in [6.45, 7) is 2.70. The van der Waals surface area contributed by atoms with Crippen molar-refractivity contribution in [1.82, 2.24) is 0 Å². The van der Waals surface area contributed by atoms with E-state index in [2.05, 4.69) is 6.92 Å². The zero-order valence-corrected chi connectivity index (χ0v) is 11.9. The van der Waals surface area contributed by atoms with Crippen LogP contribution in [0.5, 0.6) is 11.5 Å². The second kappa shape index (κ2) is 6.96. The molecule has 1 N–H and O–H groups in total. The van der Waals surface area contributed by atoms with Gasteiger partial charge in [0.2, 0.25) is 0 Å². The Morgan fingerprint density at radius 2 is 1.75 bits per heavy atom. The topological polar surface area (TPSA) is 38.7 Å². The molecule has 0 aliphatic heterocycles. The SMILES string of the molecule is CCCOc1ccccc1C(O)c1ccc(OC)cc1. The van der Waals surface area contributed by atoms with Crippen molar-refractivity contribution >= 4 is 0 Å². The highest BCUT2D eigenvalue weighted by molar-refractivity contribution is 5.41. The fraction of sp³-hybridized carbons (Fsp3) is 0.294. The van der Waals surface area contributed by atoms with Gasteiger partial charge in [0.05, 0.1) is 13.7 Å². The molecule has 2 aromatic carbocycles. The van der Waals surface area contributed by atoms with Crippen molar-refractivity contribution in [3.8, 4) is 11.5 Å². The Labute approximate surface area is 119 Å². The Balaban J connectivity index is 2.24. The number of rotatable bonds is 6. The van der Waals surface area contributed by atoms with Crippen LogP contribution in [0.25, 0.3) is 0 Å². The lowest BCUT2D eigenvalue weighted by Gasteiger charge is -2.16. The summed E-state index contributed by atoms with van der Waals surface area (Å²) in [5.74, 6) is 1.51. The first-order valence-corrected chi connectivity index (χ1v) is 6.80. The van der Waals surface area contributed by atoms with Gasteiger partial charge < -0.3 is 14.6 Å². The van der Waals surface area contributed by atoms with Crippen LogP contribution in [0.4, 0.5) is 0 Å². The molecule has 1 atom stereocenters. The van der Waals surface area contributed by atoms with Crippen molar-refractivity contribution in [3.63, 3.8) is 0 Å². The van der Waals surface area contributed by atoms with E-state index in [0.29, 0.717) is 6.61 Å². The first kappa shape index (κ1) is 14.4. The van der Waals surface area contributed by atoms with Crippen LogP contribution < -0.4 is 9.47 Å². The van der Waals surface area contributed by atoms with Gasteiger partial charge in [0.25, 0.3) is 0 Å². The lowest BCUT2D eigenvalue weighted by Crippen LogP contribution is -2.04. The first-order valence-electron chi connectivity index (χ1n) is 6.80. The molecule has 0 saturated heterocycles. The Morgan fingerprint density at radius 3 is 2.40 bits per heavy atom. The van der Waals surface area contributed by atoms with E-state index in [-0.39, 0.29) is 0 Å². The Bertz CT molecular complexity index is 534. The third kappa shape index (κ3) is 3.31. The van der Waals surface area contributed by atoms with Crippen molar-refractivity contribution in [3.05, 3.63) is 59.7 Å². The third-order valence-electron chi connectivity index (χ3n) is 3.11. The minimum absolute atomic E-state index is 0.645. The van der Waals surface area contributed by atoms with E-state index in [1.54, 1.807) is 7.11 Å². The predicted molar refractivity (Wildman–Crippen MR) is 79.3 cm³/mol. The molecule has 2 rings (SSSR count). The molecule has 106 valence electrons. The van der Waals surface area contributed by atoms with Gasteiger partial charge in [-0.15, -0.1) is 0 Å². The van der Waals surface area contributed by atoms with Crippen molar-refractivity contribution in [1.29, 1.82) is 0 Å². The van der Waals surface area contributed by atoms with E-state index in [1.165, 1.54) is 0 Å². The van der Waals surface area contributed by atoms with Crippen LogP contribution >= 0.6 is 0 Å². The molecule has 0 saturated carbocycles. The van der Waals surface area contributed by atoms with Gasteiger partial charge in [-0.2, -0.15) is 0 Å². The van der Waals surface area contributed by atoms with E-state index in [9.17, 15) is 5.11 Å². The Morgan fingerprint density at radius 1 is 1.05 bits per heavy atom. The number of benzene rings is 2. The van der Waals surface area contributed by atoms with Crippen LogP contribution in [0.15, 0.2) is 48.5 Å². The Kier molecular flexibility index (Phi) is 5.02. The number of aliphatic hydroxyl groups is 1. The average Bonchev–Trinajstić information content (AvgIpc) is 2.52. The molecule has 0 aliphatic carbocycles. The third-order valence-corrected chi connectivity index (χ3v) is 3.11. The minimum atomic E-state index is -0.700. The van der Waals surface area contributed by atoms with Gasteiger partial charge in [0.1, 0.15) is 17.6 Å². The smallest absolute Gasteiger partial charge is 0.125 e. The highest BCUT2D eigenvalue weighted by atomic mass is 16.5. The number of hydrogen-bond donors (Lipinski definition) is 1. The quantitative estimate of drug-likeness (QED) is 0.873. The molecule has 3 heteroatoms. The summed E-state index contributed by atoms with van der Waals surface area (Å²) in [5.41, 5.74) is 1.60. The molecule has 0 heterocycles. The molecule has 20 heavy (non-hydrogen) atoms. The predicted octanol–water partition coefficient (Wildman–Crippen LogP) is 3.57. The maximum atomic E-state index is 10.5. The number of aliphatic hydroxyl groups excluding tert-OH is 1. The lowest BCUT2D eigenvalue weighted by molar-refractivity contribution is 0.210. The van der Waals surface area contributed by atoms with E-state index in [0.717, 1.165) is 29.0 Å². The second-order valence-corrected chi connectivity index (χ2v) is 4.56. The summed E-state index contributed by atoms with van der Waals surface area (Å²) in [5, 5.41) is 10.5. The summed E-state index contributed by atoms with van der Waals surface area (Å²) < 4.78 is 10.8. The van der Waals surface area contributed by atoms with Gasteiger partial charge in [-0.25, -0.2) is 0 Å². The van der Waals surface area contributed by atoms with Gasteiger partial charge in [-0.3, -0.25) is 0 Å². The summed E-state index contributed by atoms with van der Waals surface area (Å²) in [6.07, 6.45) is 0.237. The van der Waals surface area contributed by atoms with Gasteiger partial charge in [-0.05, 0) is 30.2 Å². The zero-order valence-electron chi connectivity index (χ0n) is 11.9. The maximum absolute atomic E-state index is 10.5. The zero-order chi connectivity index (χ0) is 14.4. The largest absolute Gasteiger partial charge is 0.497 e. The monoisotopic (exact) mass is 272 g/mol. The van der Waals surface area contributed by atoms with Crippen LogP contribution in [0.2, 0.25) is 0 Å². The molecule has 0 bridgehead atoms. The van der Waals surface area contributed by atoms with Crippen molar-refractivity contribution in [2.45, 2.75) is 19.4 Å². The number of ether oxygens (including phenoxy) is 2. The van der Waals surface area contributed by atoms with Crippen LogP contribution in [0, 0.1) is 0 Å². The van der Waals surface area contributed by atoms with Crippen LogP contribution in [0.1, 0.15) is 30.6 Å². The van der Waals surface area contributed by atoms with Gasteiger partial charge in [0, 0.05) is 5.56 Å². The van der Waals surface area contributed by atoms with E-state index >= 15 is 0 Å². The standard InChI is InChI=1S/C17H20O3/c1-3-12-20-16-7-5-4-6-15(16)17(18)13-8-10-14(19-2)11-9-13/h4-11,17-18H,3,12H2,1-2H3. The fourth-order valence-corrected chi connectivity index (χ4v) is 2.02. The molecule has 0 amide bonds. The van der Waals surface area contributed by atoms with E-state index in [4.69, 9.17) is 9.47 Å². The number of para-hydroxylation sites is 1. The van der Waals surface area contributed by atoms with Crippen molar-refractivity contribution in [2.75, 3.05) is 13.7 Å². The highest BCUT2D eigenvalue weighted by Crippen LogP contribution is 2.30. The van der Waals surface area contributed by atoms with Crippen LogP contribution in [-0.4, -0.2) is 18.8 Å². The summed E-state index contributed by atoms with van der Waals surface area (Å²) in [4.78, 5) is 0. The summed E-state index contributed by atoms with van der Waals surface area (Å²) in [6, 6.07) is 15.0. The van der Waals surface area contributed by atoms with Gasteiger partial charge in [0.15, 0.2) is 0 Å². The molecule has 0 radical (unpaired) electrons. The molecular weight excluding hydrogens is 252 g/mol. The molecular formula is C17H20O3. The van der Waals surface area contributed by atoms with E-state index < -0.39 is 6.10 Å². The molecule has 0 spiro atoms. The number of hydrogen-bond acceptors (Lipinski definition) is 3. The number of methoxy groups -OCH3 is 1. The molecule has 0 aliphatic rings. The average molecular weight is 272 g/mol. The van der Waals surface area contributed by atoms with Gasteiger partial charge in [-0.1, -0.05) is 37.3 Å². The molecule has 2 aromatic rings. The highest BCUT2D eigenvalue weighted by Gasteiger charge is 2.15.